The molecule has 2 N–H and O–H groups in total. The van der Waals surface area contributed by atoms with Crippen molar-refractivity contribution in [3.63, 3.8) is 0 Å². The second-order valence-corrected chi connectivity index (χ2v) is 7.85. The summed E-state index contributed by atoms with van der Waals surface area (Å²) in [5.41, 5.74) is -2.76. The molecule has 2 amide bonds. The molecule has 5 nitrogen and oxygen atoms in total. The van der Waals surface area contributed by atoms with Crippen LogP contribution >= 0.6 is 0 Å². The Morgan fingerprint density at radius 2 is 1.82 bits per heavy atom. The fraction of sp³-hybridized carbons (Fsp3) is 0.455. The lowest BCUT2D eigenvalue weighted by Crippen LogP contribution is -2.34. The van der Waals surface area contributed by atoms with Gasteiger partial charge in [0.05, 0.1) is 11.1 Å². The predicted octanol–water partition coefficient (Wildman–Crippen LogP) is 4.21. The number of terminal acetylenes is 1. The third kappa shape index (κ3) is 6.51. The molecule has 0 saturated carbocycles. The zero-order valence-electron chi connectivity index (χ0n) is 17.4. The van der Waals surface area contributed by atoms with E-state index < -0.39 is 29.5 Å². The number of nitrogens with one attached hydrogen (secondary N) is 2. The van der Waals surface area contributed by atoms with Gasteiger partial charge in [0.25, 0.3) is 0 Å². The molecule has 0 aromatic heterocycles. The van der Waals surface area contributed by atoms with Crippen molar-refractivity contribution in [2.45, 2.75) is 37.8 Å². The zero-order chi connectivity index (χ0) is 24.2. The van der Waals surface area contributed by atoms with Crippen LogP contribution in [-0.4, -0.2) is 42.4 Å². The smallest absolute Gasteiger partial charge is 0.324 e. The number of aliphatic imine (C=N–C) groups is 1. The number of alkyl halides is 6. The summed E-state index contributed by atoms with van der Waals surface area (Å²) < 4.78 is 78.7. The van der Waals surface area contributed by atoms with Gasteiger partial charge >= 0.3 is 18.4 Å². The molecule has 1 unspecified atom stereocenters. The highest BCUT2D eigenvalue weighted by Crippen LogP contribution is 2.38. The van der Waals surface area contributed by atoms with Crippen LogP contribution in [0.15, 0.2) is 35.3 Å². The third-order valence-electron chi connectivity index (χ3n) is 5.51. The van der Waals surface area contributed by atoms with E-state index in [9.17, 15) is 31.1 Å². The molecule has 2 saturated heterocycles. The van der Waals surface area contributed by atoms with E-state index in [4.69, 9.17) is 6.42 Å². The van der Waals surface area contributed by atoms with Gasteiger partial charge in [-0.15, -0.1) is 6.42 Å². The number of amidine groups is 1. The van der Waals surface area contributed by atoms with Crippen LogP contribution in [-0.2, 0) is 18.9 Å². The minimum Gasteiger partial charge on any atom is -0.324 e. The van der Waals surface area contributed by atoms with E-state index in [1.165, 1.54) is 0 Å². The fourth-order valence-corrected chi connectivity index (χ4v) is 3.81. The lowest BCUT2D eigenvalue weighted by atomic mass is 9.94. The van der Waals surface area contributed by atoms with Gasteiger partial charge in [-0.3, -0.25) is 15.2 Å². The van der Waals surface area contributed by atoms with E-state index in [1.807, 2.05) is 6.08 Å². The van der Waals surface area contributed by atoms with Gasteiger partial charge in [0.1, 0.15) is 18.4 Å². The van der Waals surface area contributed by atoms with Crippen LogP contribution in [0.25, 0.3) is 0 Å². The Hall–Kier alpha value is -3.00. The SMILES string of the molecule is C#CCN=C1NC(=O)NC1C=CC1CCN(Cc2ccc(C(F)(F)F)cc2C(F)(F)F)CC1. The molecular weight excluding hydrogens is 450 g/mol. The molecule has 3 rings (SSSR count). The van der Waals surface area contributed by atoms with Crippen LogP contribution in [0.2, 0.25) is 0 Å². The molecule has 1 aromatic rings. The average molecular weight is 472 g/mol. The van der Waals surface area contributed by atoms with E-state index in [0.717, 1.165) is 6.07 Å². The molecule has 2 heterocycles. The van der Waals surface area contributed by atoms with Gasteiger partial charge in [-0.05, 0) is 49.5 Å². The zero-order valence-corrected chi connectivity index (χ0v) is 17.4. The van der Waals surface area contributed by atoms with Crippen molar-refractivity contribution in [1.82, 2.24) is 15.5 Å². The van der Waals surface area contributed by atoms with Gasteiger partial charge in [0, 0.05) is 6.54 Å². The van der Waals surface area contributed by atoms with Crippen molar-refractivity contribution in [2.75, 3.05) is 19.6 Å². The summed E-state index contributed by atoms with van der Waals surface area (Å²) in [5.74, 6) is 2.93. The maximum absolute atomic E-state index is 13.4. The van der Waals surface area contributed by atoms with E-state index >= 15 is 0 Å². The van der Waals surface area contributed by atoms with Crippen molar-refractivity contribution >= 4 is 11.9 Å². The fourth-order valence-electron chi connectivity index (χ4n) is 3.81. The monoisotopic (exact) mass is 472 g/mol. The van der Waals surface area contributed by atoms with E-state index in [1.54, 1.807) is 11.0 Å². The number of carbonyl (C=O) groups excluding carboxylic acids is 1. The lowest BCUT2D eigenvalue weighted by molar-refractivity contribution is -0.143. The van der Waals surface area contributed by atoms with Gasteiger partial charge in [-0.1, -0.05) is 24.1 Å². The van der Waals surface area contributed by atoms with Gasteiger partial charge in [0.2, 0.25) is 0 Å². The Morgan fingerprint density at radius 3 is 2.42 bits per heavy atom. The van der Waals surface area contributed by atoms with Crippen LogP contribution < -0.4 is 10.6 Å². The normalized spacial score (nSPS) is 21.9. The molecule has 0 spiro atoms. The van der Waals surface area contributed by atoms with Crippen LogP contribution in [0.5, 0.6) is 0 Å². The van der Waals surface area contributed by atoms with Crippen molar-refractivity contribution in [1.29, 1.82) is 0 Å². The van der Waals surface area contributed by atoms with Crippen LogP contribution in [0, 0.1) is 18.3 Å². The molecule has 2 aliphatic heterocycles. The van der Waals surface area contributed by atoms with E-state index in [-0.39, 0.29) is 36.7 Å². The molecule has 0 radical (unpaired) electrons. The summed E-state index contributed by atoms with van der Waals surface area (Å²) in [5, 5.41) is 5.27. The summed E-state index contributed by atoms with van der Waals surface area (Å²) in [6.45, 7) is 1.01. The highest BCUT2D eigenvalue weighted by atomic mass is 19.4. The van der Waals surface area contributed by atoms with Crippen LogP contribution in [0.1, 0.15) is 29.5 Å². The first kappa shape index (κ1) is 24.6. The summed E-state index contributed by atoms with van der Waals surface area (Å²) in [6.07, 6.45) is 0.496. The number of amides is 2. The maximum atomic E-state index is 13.4. The summed E-state index contributed by atoms with van der Waals surface area (Å²) >= 11 is 0. The number of halogens is 6. The molecule has 2 fully saturated rings. The Kier molecular flexibility index (Phi) is 7.37. The molecule has 0 bridgehead atoms. The third-order valence-corrected chi connectivity index (χ3v) is 5.51. The molecular formula is C22H22F6N4O. The van der Waals surface area contributed by atoms with Crippen molar-refractivity contribution < 1.29 is 31.1 Å². The van der Waals surface area contributed by atoms with Gasteiger partial charge < -0.3 is 5.32 Å². The quantitative estimate of drug-likeness (QED) is 0.383. The molecule has 1 aromatic carbocycles. The molecule has 1 atom stereocenters. The minimum absolute atomic E-state index is 0.0884. The van der Waals surface area contributed by atoms with Crippen molar-refractivity contribution in [3.05, 3.63) is 47.0 Å². The van der Waals surface area contributed by atoms with Gasteiger partial charge in [-0.2, -0.15) is 26.3 Å². The number of allylic oxidation sites excluding steroid dienone is 1. The number of hydrogen-bond donors (Lipinski definition) is 2. The Bertz CT molecular complexity index is 969. The molecule has 11 heteroatoms. The molecule has 178 valence electrons. The Morgan fingerprint density at radius 1 is 1.12 bits per heavy atom. The van der Waals surface area contributed by atoms with Crippen molar-refractivity contribution in [2.24, 2.45) is 10.9 Å². The molecule has 0 aliphatic carbocycles. The number of nitrogens with zero attached hydrogens (tertiary/aromatic N) is 2. The van der Waals surface area contributed by atoms with Gasteiger partial charge in [0.15, 0.2) is 0 Å². The Labute approximate surface area is 186 Å². The van der Waals surface area contributed by atoms with Crippen molar-refractivity contribution in [3.8, 4) is 12.3 Å². The largest absolute Gasteiger partial charge is 0.416 e. The maximum Gasteiger partial charge on any atom is 0.416 e. The summed E-state index contributed by atoms with van der Waals surface area (Å²) in [4.78, 5) is 17.4. The van der Waals surface area contributed by atoms with E-state index in [0.29, 0.717) is 37.8 Å². The minimum atomic E-state index is -4.88. The first-order valence-electron chi connectivity index (χ1n) is 10.2. The first-order chi connectivity index (χ1) is 15.5. The predicted molar refractivity (Wildman–Crippen MR) is 110 cm³/mol. The number of likely N-dealkylation sites (tertiary alicyclic amines) is 1. The molecule has 2 aliphatic rings. The summed E-state index contributed by atoms with van der Waals surface area (Å²) in [7, 11) is 0. The van der Waals surface area contributed by atoms with Gasteiger partial charge in [-0.25, -0.2) is 4.79 Å². The second-order valence-electron chi connectivity index (χ2n) is 7.85. The second kappa shape index (κ2) is 9.87. The first-order valence-corrected chi connectivity index (χ1v) is 10.2. The lowest BCUT2D eigenvalue weighted by Gasteiger charge is -2.31. The van der Waals surface area contributed by atoms with Crippen LogP contribution in [0.4, 0.5) is 31.1 Å². The highest BCUT2D eigenvalue weighted by Gasteiger charge is 2.38. The number of carbonyl (C=O) groups is 1. The number of hydrogen-bond acceptors (Lipinski definition) is 3. The van der Waals surface area contributed by atoms with Crippen LogP contribution in [0.3, 0.4) is 0 Å². The topological polar surface area (TPSA) is 56.7 Å². The standard InChI is InChI=1S/C22H22F6N4O/c1-2-9-29-19-18(30-20(33)31-19)6-3-14-7-10-32(11-8-14)13-15-4-5-16(21(23,24)25)12-17(15)22(26,27)28/h1,3-6,12,14,18H,7-11,13H2,(H2,29,30,31,33). The number of benzene rings is 1. The Balaban J connectivity index is 1.61. The molecule has 33 heavy (non-hydrogen) atoms. The number of piperidine rings is 1. The summed E-state index contributed by atoms with van der Waals surface area (Å²) in [6, 6.07) is 0.958. The van der Waals surface area contributed by atoms with E-state index in [2.05, 4.69) is 21.5 Å². The average Bonchev–Trinajstić information content (AvgIpc) is 3.09. The number of rotatable bonds is 5. The number of urea groups is 1. The highest BCUT2D eigenvalue weighted by molar-refractivity contribution is 6.08.